The number of methoxy groups -OCH3 is 1. The van der Waals surface area contributed by atoms with Crippen molar-refractivity contribution < 1.29 is 41.7 Å². The second-order valence-corrected chi connectivity index (χ2v) is 7.19. The number of hydrogen-bond donors (Lipinski definition) is 0. The summed E-state index contributed by atoms with van der Waals surface area (Å²) in [6.07, 6.45) is 0.798. The molecule has 0 aliphatic rings. The molecule has 1 atom stereocenters. The van der Waals surface area contributed by atoms with Crippen LogP contribution in [0.1, 0.15) is 52.5 Å². The summed E-state index contributed by atoms with van der Waals surface area (Å²) in [5.41, 5.74) is -2.57. The van der Waals surface area contributed by atoms with Gasteiger partial charge in [0.15, 0.2) is 34.8 Å². The lowest BCUT2D eigenvalue weighted by atomic mass is 9.98. The molecule has 2 aromatic rings. The lowest BCUT2D eigenvalue weighted by molar-refractivity contribution is -0.255. The fourth-order valence-electron chi connectivity index (χ4n) is 2.52. The zero-order valence-corrected chi connectivity index (χ0v) is 17.5. The van der Waals surface area contributed by atoms with Crippen molar-refractivity contribution in [3.05, 3.63) is 55.7 Å². The molecule has 0 spiro atoms. The summed E-state index contributed by atoms with van der Waals surface area (Å²) in [6, 6.07) is 3.21. The summed E-state index contributed by atoms with van der Waals surface area (Å²) in [7, 11) is 1.27. The minimum atomic E-state index is -2.42. The third-order valence-corrected chi connectivity index (χ3v) is 5.10. The first-order valence-corrected chi connectivity index (χ1v) is 9.29. The quantitative estimate of drug-likeness (QED) is 0.143. The van der Waals surface area contributed by atoms with Crippen LogP contribution in [0.3, 0.4) is 0 Å². The fourth-order valence-corrected chi connectivity index (χ4v) is 3.25. The molecule has 5 nitrogen and oxygen atoms in total. The smallest absolute Gasteiger partial charge is 0.347 e. The van der Waals surface area contributed by atoms with E-state index >= 15 is 0 Å². The summed E-state index contributed by atoms with van der Waals surface area (Å²) in [4.78, 5) is 23.5. The van der Waals surface area contributed by atoms with Crippen molar-refractivity contribution in [2.24, 2.45) is 0 Å². The van der Waals surface area contributed by atoms with Crippen molar-refractivity contribution in [3.63, 3.8) is 0 Å². The van der Waals surface area contributed by atoms with Crippen LogP contribution in [0.4, 0.5) is 17.6 Å². The van der Waals surface area contributed by atoms with Crippen LogP contribution in [0.5, 0.6) is 11.5 Å². The average molecular weight is 525 g/mol. The second kappa shape index (κ2) is 8.97. The first-order chi connectivity index (χ1) is 13.5. The Bertz CT molecular complexity index is 994. The van der Waals surface area contributed by atoms with Crippen LogP contribution in [-0.2, 0) is 0 Å². The Balaban J connectivity index is 2.61. The molecule has 156 valence electrons. The lowest BCUT2D eigenvalue weighted by Crippen LogP contribution is -2.30. The van der Waals surface area contributed by atoms with Crippen molar-refractivity contribution >= 4 is 34.5 Å². The zero-order chi connectivity index (χ0) is 22.0. The number of carboxylic acids is 1. The Morgan fingerprint density at radius 1 is 1.07 bits per heavy atom. The molecule has 0 saturated carbocycles. The molecule has 0 heterocycles. The molecule has 0 aliphatic heterocycles. The molecule has 0 saturated heterocycles. The second-order valence-electron chi connectivity index (χ2n) is 6.03. The van der Waals surface area contributed by atoms with E-state index in [1.165, 1.54) is 7.11 Å². The molecule has 0 amide bonds. The maximum Gasteiger partial charge on any atom is 0.347 e. The van der Waals surface area contributed by atoms with E-state index in [2.05, 4.69) is 0 Å². The van der Waals surface area contributed by atoms with Crippen LogP contribution in [0.2, 0.25) is 0 Å². The number of halogens is 5. The van der Waals surface area contributed by atoms with Crippen molar-refractivity contribution in [2.45, 2.75) is 26.2 Å². The first kappa shape index (κ1) is 22.9. The van der Waals surface area contributed by atoms with Gasteiger partial charge in [-0.05, 0) is 52.6 Å². The average Bonchev–Trinajstić information content (AvgIpc) is 2.68. The van der Waals surface area contributed by atoms with E-state index in [-0.39, 0.29) is 17.4 Å². The van der Waals surface area contributed by atoms with Crippen LogP contribution in [0.25, 0.3) is 0 Å². The zero-order valence-electron chi connectivity index (χ0n) is 15.4. The van der Waals surface area contributed by atoms with Crippen molar-refractivity contribution in [1.29, 1.82) is 0 Å². The minimum absolute atomic E-state index is 0.0546. The monoisotopic (exact) mass is 525 g/mol. The fraction of sp³-hybridized carbons (Fsp3) is 0.263. The van der Waals surface area contributed by atoms with Crippen LogP contribution < -0.4 is 14.6 Å². The molecule has 0 aliphatic carbocycles. The number of rotatable bonds is 6. The largest absolute Gasteiger partial charge is 0.545 e. The van der Waals surface area contributed by atoms with E-state index in [1.54, 1.807) is 34.7 Å². The Hall–Kier alpha value is -2.37. The lowest BCUT2D eigenvalue weighted by Gasteiger charge is -2.17. The van der Waals surface area contributed by atoms with Gasteiger partial charge in [0, 0.05) is 0 Å². The molecule has 1 unspecified atom stereocenters. The van der Waals surface area contributed by atoms with E-state index in [0.29, 0.717) is 3.57 Å². The van der Waals surface area contributed by atoms with Crippen LogP contribution in [0, 0.1) is 26.8 Å². The maximum atomic E-state index is 14.1. The van der Waals surface area contributed by atoms with Gasteiger partial charge in [-0.3, -0.25) is 0 Å². The van der Waals surface area contributed by atoms with Crippen molar-refractivity contribution in [3.8, 4) is 11.5 Å². The molecule has 0 bridgehead atoms. The number of carboxylic acid groups (broad SMARTS) is 1. The van der Waals surface area contributed by atoms with E-state index in [1.807, 2.05) is 13.8 Å². The Kier molecular flexibility index (Phi) is 7.09. The molecular formula is C19H14F4IO5-. The predicted octanol–water partition coefficient (Wildman–Crippen LogP) is 3.95. The SMILES string of the molecule is CCC(C)c1cc(I)c(OC(=O)c2c(F)c(F)c(F)c(F)c2C(=O)[O-])c(OC)c1. The van der Waals surface area contributed by atoms with Crippen LogP contribution in [-0.4, -0.2) is 19.0 Å². The van der Waals surface area contributed by atoms with E-state index in [0.717, 1.165) is 12.0 Å². The summed E-state index contributed by atoms with van der Waals surface area (Å²) in [5, 5.41) is 11.1. The number of esters is 1. The van der Waals surface area contributed by atoms with Gasteiger partial charge >= 0.3 is 5.97 Å². The summed E-state index contributed by atoms with van der Waals surface area (Å²) >= 11 is 1.80. The van der Waals surface area contributed by atoms with Gasteiger partial charge in [-0.25, -0.2) is 22.4 Å². The molecule has 0 fully saturated rings. The highest BCUT2D eigenvalue weighted by atomic mass is 127. The van der Waals surface area contributed by atoms with Gasteiger partial charge in [0.25, 0.3) is 0 Å². The first-order valence-electron chi connectivity index (χ1n) is 8.21. The third-order valence-electron chi connectivity index (χ3n) is 4.30. The van der Waals surface area contributed by atoms with Gasteiger partial charge in [0.05, 0.1) is 22.2 Å². The molecule has 0 radical (unpaired) electrons. The van der Waals surface area contributed by atoms with Gasteiger partial charge in [-0.2, -0.15) is 0 Å². The Labute approximate surface area is 176 Å². The molecule has 0 aromatic heterocycles. The number of ether oxygens (including phenoxy) is 2. The normalized spacial score (nSPS) is 11.9. The molecule has 2 aromatic carbocycles. The van der Waals surface area contributed by atoms with E-state index in [4.69, 9.17) is 9.47 Å². The van der Waals surface area contributed by atoms with Crippen molar-refractivity contribution in [2.75, 3.05) is 7.11 Å². The van der Waals surface area contributed by atoms with Crippen LogP contribution in [0.15, 0.2) is 12.1 Å². The molecule has 10 heteroatoms. The van der Waals surface area contributed by atoms with Gasteiger partial charge in [-0.15, -0.1) is 0 Å². The highest BCUT2D eigenvalue weighted by molar-refractivity contribution is 14.1. The highest BCUT2D eigenvalue weighted by Crippen LogP contribution is 2.37. The highest BCUT2D eigenvalue weighted by Gasteiger charge is 2.32. The summed E-state index contributed by atoms with van der Waals surface area (Å²) in [6.45, 7) is 3.90. The van der Waals surface area contributed by atoms with Gasteiger partial charge in [-0.1, -0.05) is 13.8 Å². The standard InChI is InChI=1S/C19H15F4IO5/c1-4-7(2)8-5-9(24)17(10(6-8)28-3)29-19(27)12-11(18(25)26)13(20)15(22)16(23)14(12)21/h5-7H,4H2,1-3H3,(H,25,26)/p-1. The molecule has 29 heavy (non-hydrogen) atoms. The third kappa shape index (κ3) is 4.31. The van der Waals surface area contributed by atoms with E-state index < -0.39 is 46.3 Å². The Morgan fingerprint density at radius 3 is 2.10 bits per heavy atom. The predicted molar refractivity (Wildman–Crippen MR) is 100.0 cm³/mol. The van der Waals surface area contributed by atoms with Crippen LogP contribution >= 0.6 is 22.6 Å². The molecular weight excluding hydrogens is 511 g/mol. The number of carbonyl (C=O) groups excluding carboxylic acids is 2. The van der Waals surface area contributed by atoms with Gasteiger partial charge in [0.2, 0.25) is 0 Å². The minimum Gasteiger partial charge on any atom is -0.545 e. The summed E-state index contributed by atoms with van der Waals surface area (Å²) < 4.78 is 65.3. The van der Waals surface area contributed by atoms with E-state index in [9.17, 15) is 32.3 Å². The summed E-state index contributed by atoms with van der Waals surface area (Å²) in [5.74, 6) is -13.4. The van der Waals surface area contributed by atoms with Crippen molar-refractivity contribution in [1.82, 2.24) is 0 Å². The van der Waals surface area contributed by atoms with Gasteiger partial charge in [0.1, 0.15) is 5.56 Å². The maximum absolute atomic E-state index is 14.1. The molecule has 0 N–H and O–H groups in total. The number of aromatic carboxylic acids is 1. The number of carbonyl (C=O) groups is 2. The number of benzene rings is 2. The molecule has 2 rings (SSSR count). The van der Waals surface area contributed by atoms with Gasteiger partial charge < -0.3 is 19.4 Å². The topological polar surface area (TPSA) is 75.7 Å². The number of hydrogen-bond acceptors (Lipinski definition) is 5. The Morgan fingerprint density at radius 2 is 1.62 bits per heavy atom.